The molecule has 0 heterocycles. The standard InChI is InChI=1S/C12H18N2OS/c1-10(11-6-4-3-5-7-11)14-12(16)13-8-9-15-2/h3-7,10H,8-9H2,1-2H3,(H2,13,14,16). The number of nitrogens with one attached hydrogen (secondary N) is 2. The number of methoxy groups -OCH3 is 1. The van der Waals surface area contributed by atoms with Crippen LogP contribution in [0.1, 0.15) is 18.5 Å². The second-order valence-corrected chi connectivity index (χ2v) is 3.93. The van der Waals surface area contributed by atoms with Crippen LogP contribution < -0.4 is 10.6 Å². The van der Waals surface area contributed by atoms with Gasteiger partial charge in [-0.15, -0.1) is 0 Å². The lowest BCUT2D eigenvalue weighted by Crippen LogP contribution is -2.38. The first-order valence-electron chi connectivity index (χ1n) is 5.32. The minimum absolute atomic E-state index is 0.212. The van der Waals surface area contributed by atoms with Crippen molar-refractivity contribution in [2.45, 2.75) is 13.0 Å². The van der Waals surface area contributed by atoms with Crippen molar-refractivity contribution in [3.8, 4) is 0 Å². The van der Waals surface area contributed by atoms with Crippen molar-refractivity contribution in [3.63, 3.8) is 0 Å². The molecule has 1 rings (SSSR count). The fraction of sp³-hybridized carbons (Fsp3) is 0.417. The normalized spacial score (nSPS) is 11.9. The van der Waals surface area contributed by atoms with Crippen LogP contribution in [-0.4, -0.2) is 25.4 Å². The summed E-state index contributed by atoms with van der Waals surface area (Å²) in [6.45, 7) is 3.46. The molecule has 0 aromatic heterocycles. The number of thiocarbonyl (C=S) groups is 1. The predicted molar refractivity (Wildman–Crippen MR) is 70.5 cm³/mol. The van der Waals surface area contributed by atoms with E-state index in [1.165, 1.54) is 5.56 Å². The Morgan fingerprint density at radius 1 is 1.38 bits per heavy atom. The molecule has 1 aromatic carbocycles. The number of benzene rings is 1. The highest BCUT2D eigenvalue weighted by Gasteiger charge is 2.05. The number of hydrogen-bond donors (Lipinski definition) is 2. The molecule has 88 valence electrons. The molecule has 0 bridgehead atoms. The molecule has 1 unspecified atom stereocenters. The van der Waals surface area contributed by atoms with Crippen molar-refractivity contribution >= 4 is 17.3 Å². The van der Waals surface area contributed by atoms with Crippen molar-refractivity contribution in [2.24, 2.45) is 0 Å². The Hall–Kier alpha value is -1.13. The van der Waals surface area contributed by atoms with Crippen molar-refractivity contribution in [3.05, 3.63) is 35.9 Å². The van der Waals surface area contributed by atoms with Crippen LogP contribution in [-0.2, 0) is 4.74 Å². The van der Waals surface area contributed by atoms with E-state index < -0.39 is 0 Å². The number of hydrogen-bond acceptors (Lipinski definition) is 2. The Balaban J connectivity index is 2.34. The first-order chi connectivity index (χ1) is 7.74. The third-order valence-corrected chi connectivity index (χ3v) is 2.50. The fourth-order valence-corrected chi connectivity index (χ4v) is 1.62. The summed E-state index contributed by atoms with van der Waals surface area (Å²) in [5, 5.41) is 6.96. The van der Waals surface area contributed by atoms with Crippen molar-refractivity contribution in [1.82, 2.24) is 10.6 Å². The topological polar surface area (TPSA) is 33.3 Å². The summed E-state index contributed by atoms with van der Waals surface area (Å²) in [5.74, 6) is 0. The van der Waals surface area contributed by atoms with Crippen LogP contribution in [0.3, 0.4) is 0 Å². The molecular weight excluding hydrogens is 220 g/mol. The second-order valence-electron chi connectivity index (χ2n) is 3.53. The molecule has 0 aliphatic heterocycles. The van der Waals surface area contributed by atoms with Gasteiger partial charge in [0, 0.05) is 13.7 Å². The third kappa shape index (κ3) is 4.59. The molecule has 1 aromatic rings. The molecule has 0 aliphatic carbocycles. The molecular formula is C12H18N2OS. The van der Waals surface area contributed by atoms with Gasteiger partial charge in [0.2, 0.25) is 0 Å². The molecule has 0 spiro atoms. The smallest absolute Gasteiger partial charge is 0.166 e. The average Bonchev–Trinajstić information content (AvgIpc) is 2.30. The predicted octanol–water partition coefficient (Wildman–Crippen LogP) is 1.86. The van der Waals surface area contributed by atoms with Crippen LogP contribution >= 0.6 is 12.2 Å². The van der Waals surface area contributed by atoms with Crippen LogP contribution in [0.4, 0.5) is 0 Å². The Morgan fingerprint density at radius 3 is 2.69 bits per heavy atom. The maximum absolute atomic E-state index is 5.17. The van der Waals surface area contributed by atoms with Gasteiger partial charge in [-0.25, -0.2) is 0 Å². The summed E-state index contributed by atoms with van der Waals surface area (Å²) in [7, 11) is 1.67. The highest BCUT2D eigenvalue weighted by molar-refractivity contribution is 7.80. The summed E-state index contributed by atoms with van der Waals surface area (Å²) >= 11 is 5.17. The van der Waals surface area contributed by atoms with Crippen molar-refractivity contribution < 1.29 is 4.74 Å². The second kappa shape index (κ2) is 7.19. The van der Waals surface area contributed by atoms with E-state index in [-0.39, 0.29) is 6.04 Å². The summed E-state index contributed by atoms with van der Waals surface area (Å²) in [5.41, 5.74) is 1.22. The average molecular weight is 238 g/mol. The van der Waals surface area contributed by atoms with Gasteiger partial charge in [0.15, 0.2) is 5.11 Å². The molecule has 0 fully saturated rings. The molecule has 0 radical (unpaired) electrons. The molecule has 1 atom stereocenters. The zero-order valence-corrected chi connectivity index (χ0v) is 10.5. The van der Waals surface area contributed by atoms with Crippen LogP contribution in [0.5, 0.6) is 0 Å². The summed E-state index contributed by atoms with van der Waals surface area (Å²) in [4.78, 5) is 0. The van der Waals surface area contributed by atoms with Gasteiger partial charge in [0.05, 0.1) is 12.6 Å². The van der Waals surface area contributed by atoms with Gasteiger partial charge in [-0.05, 0) is 24.7 Å². The number of ether oxygens (including phenoxy) is 1. The zero-order chi connectivity index (χ0) is 11.8. The third-order valence-electron chi connectivity index (χ3n) is 2.24. The van der Waals surface area contributed by atoms with Gasteiger partial charge in [-0.1, -0.05) is 30.3 Å². The molecule has 3 nitrogen and oxygen atoms in total. The maximum Gasteiger partial charge on any atom is 0.166 e. The Morgan fingerprint density at radius 2 is 2.06 bits per heavy atom. The van der Waals surface area contributed by atoms with E-state index in [0.29, 0.717) is 11.7 Å². The highest BCUT2D eigenvalue weighted by Crippen LogP contribution is 2.10. The van der Waals surface area contributed by atoms with Gasteiger partial charge >= 0.3 is 0 Å². The van der Waals surface area contributed by atoms with Gasteiger partial charge < -0.3 is 15.4 Å². The lowest BCUT2D eigenvalue weighted by atomic mass is 10.1. The molecule has 16 heavy (non-hydrogen) atoms. The van der Waals surface area contributed by atoms with Crippen molar-refractivity contribution in [1.29, 1.82) is 0 Å². The van der Waals surface area contributed by atoms with Gasteiger partial charge in [0.25, 0.3) is 0 Å². The molecule has 0 saturated heterocycles. The van der Waals surface area contributed by atoms with Crippen LogP contribution in [0.25, 0.3) is 0 Å². The fourth-order valence-electron chi connectivity index (χ4n) is 1.34. The van der Waals surface area contributed by atoms with Crippen molar-refractivity contribution in [2.75, 3.05) is 20.3 Å². The minimum atomic E-state index is 0.212. The van der Waals surface area contributed by atoms with E-state index >= 15 is 0 Å². The van der Waals surface area contributed by atoms with E-state index in [0.717, 1.165) is 6.54 Å². The first-order valence-corrected chi connectivity index (χ1v) is 5.73. The van der Waals surface area contributed by atoms with E-state index in [9.17, 15) is 0 Å². The first kappa shape index (κ1) is 12.9. The van der Waals surface area contributed by atoms with Gasteiger partial charge in [-0.3, -0.25) is 0 Å². The zero-order valence-electron chi connectivity index (χ0n) is 9.69. The Kier molecular flexibility index (Phi) is 5.82. The molecule has 0 aliphatic rings. The molecule has 0 amide bonds. The Bertz CT molecular complexity index is 316. The lowest BCUT2D eigenvalue weighted by Gasteiger charge is -2.17. The molecule has 2 N–H and O–H groups in total. The monoisotopic (exact) mass is 238 g/mol. The van der Waals surface area contributed by atoms with Gasteiger partial charge in [-0.2, -0.15) is 0 Å². The van der Waals surface area contributed by atoms with E-state index in [1.807, 2.05) is 18.2 Å². The van der Waals surface area contributed by atoms with Crippen LogP contribution in [0.15, 0.2) is 30.3 Å². The van der Waals surface area contributed by atoms with E-state index in [2.05, 4.69) is 29.7 Å². The van der Waals surface area contributed by atoms with Crippen LogP contribution in [0.2, 0.25) is 0 Å². The summed E-state index contributed by atoms with van der Waals surface area (Å²) < 4.78 is 4.93. The lowest BCUT2D eigenvalue weighted by molar-refractivity contribution is 0.204. The molecule has 4 heteroatoms. The van der Waals surface area contributed by atoms with E-state index in [4.69, 9.17) is 17.0 Å². The minimum Gasteiger partial charge on any atom is -0.383 e. The maximum atomic E-state index is 5.17. The van der Waals surface area contributed by atoms with Crippen LogP contribution in [0, 0.1) is 0 Å². The van der Waals surface area contributed by atoms with E-state index in [1.54, 1.807) is 7.11 Å². The highest BCUT2D eigenvalue weighted by atomic mass is 32.1. The number of rotatable bonds is 5. The summed E-state index contributed by atoms with van der Waals surface area (Å²) in [6, 6.07) is 10.4. The quantitative estimate of drug-likeness (QED) is 0.606. The SMILES string of the molecule is COCCNC(=S)NC(C)c1ccccc1. The summed E-state index contributed by atoms with van der Waals surface area (Å²) in [6.07, 6.45) is 0. The largest absolute Gasteiger partial charge is 0.383 e. The Labute approximate surface area is 102 Å². The molecule has 0 saturated carbocycles. The van der Waals surface area contributed by atoms with Gasteiger partial charge in [0.1, 0.15) is 0 Å².